The summed E-state index contributed by atoms with van der Waals surface area (Å²) in [5.41, 5.74) is 0.675. The molecule has 1 amide bonds. The van der Waals surface area contributed by atoms with Gasteiger partial charge < -0.3 is 15.0 Å². The number of ether oxygens (including phenoxy) is 1. The number of nitrogens with zero attached hydrogens (tertiary/aromatic N) is 1. The minimum Gasteiger partial charge on any atom is -0.476 e. The van der Waals surface area contributed by atoms with Crippen molar-refractivity contribution in [2.24, 2.45) is 0 Å². The van der Waals surface area contributed by atoms with E-state index in [1.807, 2.05) is 25.2 Å². The van der Waals surface area contributed by atoms with E-state index in [1.165, 1.54) is 6.07 Å². The van der Waals surface area contributed by atoms with Crippen molar-refractivity contribution in [1.29, 1.82) is 0 Å². The Balaban J connectivity index is 1.85. The maximum atomic E-state index is 13.5. The predicted octanol–water partition coefficient (Wildman–Crippen LogP) is 3.30. The predicted molar refractivity (Wildman–Crippen MR) is 94.8 cm³/mol. The van der Waals surface area contributed by atoms with E-state index in [0.29, 0.717) is 18.7 Å². The van der Waals surface area contributed by atoms with Gasteiger partial charge in [0.15, 0.2) is 11.6 Å². The molecule has 1 heterocycles. The molecule has 2 atom stereocenters. The molecule has 1 saturated heterocycles. The van der Waals surface area contributed by atoms with Gasteiger partial charge in [-0.3, -0.25) is 4.79 Å². The summed E-state index contributed by atoms with van der Waals surface area (Å²) in [5, 5.41) is 3.20. The second-order valence-corrected chi connectivity index (χ2v) is 6.40. The van der Waals surface area contributed by atoms with Gasteiger partial charge in [-0.25, -0.2) is 8.78 Å². The van der Waals surface area contributed by atoms with Gasteiger partial charge in [-0.05, 0) is 32.0 Å². The maximum Gasteiger partial charge on any atom is 0.268 e. The summed E-state index contributed by atoms with van der Waals surface area (Å²) in [5.74, 6) is -2.02. The Hall–Kier alpha value is -2.47. The van der Waals surface area contributed by atoms with Gasteiger partial charge in [0.25, 0.3) is 5.91 Å². The average molecular weight is 360 g/mol. The molecular formula is C20H22F2N2O2. The second-order valence-electron chi connectivity index (χ2n) is 6.40. The van der Waals surface area contributed by atoms with Crippen molar-refractivity contribution in [1.82, 2.24) is 10.2 Å². The number of piperidine rings is 1. The molecule has 2 aromatic carbocycles. The number of hydrogen-bond donors (Lipinski definition) is 1. The van der Waals surface area contributed by atoms with Gasteiger partial charge in [-0.2, -0.15) is 0 Å². The van der Waals surface area contributed by atoms with E-state index in [2.05, 4.69) is 5.32 Å². The van der Waals surface area contributed by atoms with Crippen molar-refractivity contribution in [3.8, 4) is 5.75 Å². The summed E-state index contributed by atoms with van der Waals surface area (Å²) >= 11 is 0. The summed E-state index contributed by atoms with van der Waals surface area (Å²) in [6.45, 7) is 1.25. The third-order valence-corrected chi connectivity index (χ3v) is 4.61. The number of carbonyl (C=O) groups excluding carboxylic acids is 1. The Labute approximate surface area is 151 Å². The number of nitrogens with one attached hydrogen (secondary N) is 1. The van der Waals surface area contributed by atoms with E-state index in [1.54, 1.807) is 17.0 Å². The van der Waals surface area contributed by atoms with Crippen LogP contribution in [-0.4, -0.2) is 37.0 Å². The minimum absolute atomic E-state index is 0.119. The first-order valence-electron chi connectivity index (χ1n) is 8.71. The molecule has 0 saturated carbocycles. The molecule has 2 unspecified atom stereocenters. The fraction of sp³-hybridized carbons (Fsp3) is 0.350. The first kappa shape index (κ1) is 18.3. The molecular weight excluding hydrogens is 338 g/mol. The van der Waals surface area contributed by atoms with Crippen molar-refractivity contribution in [2.75, 3.05) is 20.1 Å². The fourth-order valence-corrected chi connectivity index (χ4v) is 3.15. The molecule has 1 aliphatic heterocycles. The number of rotatable bonds is 5. The van der Waals surface area contributed by atoms with Gasteiger partial charge >= 0.3 is 0 Å². The maximum absolute atomic E-state index is 13.5. The van der Waals surface area contributed by atoms with Crippen LogP contribution in [0.4, 0.5) is 8.78 Å². The third-order valence-electron chi connectivity index (χ3n) is 4.61. The van der Waals surface area contributed by atoms with E-state index >= 15 is 0 Å². The molecule has 4 nitrogen and oxygen atoms in total. The highest BCUT2D eigenvalue weighted by Crippen LogP contribution is 2.26. The van der Waals surface area contributed by atoms with E-state index in [9.17, 15) is 13.6 Å². The summed E-state index contributed by atoms with van der Waals surface area (Å²) in [7, 11) is 1.88. The molecule has 3 rings (SSSR count). The van der Waals surface area contributed by atoms with Crippen molar-refractivity contribution in [3.05, 3.63) is 65.7 Å². The van der Waals surface area contributed by atoms with Gasteiger partial charge in [-0.1, -0.05) is 30.3 Å². The highest BCUT2D eigenvalue weighted by atomic mass is 19.2. The smallest absolute Gasteiger partial charge is 0.268 e. The van der Waals surface area contributed by atoms with E-state index in [4.69, 9.17) is 4.74 Å². The van der Waals surface area contributed by atoms with Crippen molar-refractivity contribution in [2.45, 2.75) is 25.0 Å². The van der Waals surface area contributed by atoms with Crippen molar-refractivity contribution in [3.63, 3.8) is 0 Å². The second kappa shape index (κ2) is 8.27. The number of amides is 1. The lowest BCUT2D eigenvalue weighted by molar-refractivity contribution is -0.140. The van der Waals surface area contributed by atoms with Crippen LogP contribution in [-0.2, 0) is 4.79 Å². The third kappa shape index (κ3) is 4.19. The van der Waals surface area contributed by atoms with Gasteiger partial charge in [-0.15, -0.1) is 0 Å². The van der Waals surface area contributed by atoms with Crippen LogP contribution in [0.3, 0.4) is 0 Å². The SMILES string of the molecule is CNC1CCCN(C(=O)C(Oc2ccc(F)c(F)c2)c2ccccc2)C1. The lowest BCUT2D eigenvalue weighted by Gasteiger charge is -2.35. The lowest BCUT2D eigenvalue weighted by Crippen LogP contribution is -2.49. The molecule has 138 valence electrons. The number of benzene rings is 2. The number of likely N-dealkylation sites (N-methyl/N-ethyl adjacent to an activating group) is 1. The van der Waals surface area contributed by atoms with Gasteiger partial charge in [0, 0.05) is 30.8 Å². The number of carbonyl (C=O) groups is 1. The van der Waals surface area contributed by atoms with Crippen LogP contribution in [0.1, 0.15) is 24.5 Å². The zero-order chi connectivity index (χ0) is 18.5. The Bertz CT molecular complexity index is 755. The number of hydrogen-bond acceptors (Lipinski definition) is 3. The van der Waals surface area contributed by atoms with E-state index in [-0.39, 0.29) is 17.7 Å². The first-order chi connectivity index (χ1) is 12.6. The normalized spacial score (nSPS) is 18.4. The van der Waals surface area contributed by atoms with Crippen molar-refractivity contribution < 1.29 is 18.3 Å². The van der Waals surface area contributed by atoms with E-state index < -0.39 is 17.7 Å². The largest absolute Gasteiger partial charge is 0.476 e. The van der Waals surface area contributed by atoms with Crippen LogP contribution >= 0.6 is 0 Å². The number of halogens is 2. The van der Waals surface area contributed by atoms with Gasteiger partial charge in [0.2, 0.25) is 6.10 Å². The molecule has 0 aliphatic carbocycles. The molecule has 0 spiro atoms. The molecule has 1 fully saturated rings. The Morgan fingerprint density at radius 1 is 1.19 bits per heavy atom. The van der Waals surface area contributed by atoms with Crippen molar-refractivity contribution >= 4 is 5.91 Å². The van der Waals surface area contributed by atoms with Crippen LogP contribution < -0.4 is 10.1 Å². The Morgan fingerprint density at radius 2 is 1.96 bits per heavy atom. The summed E-state index contributed by atoms with van der Waals surface area (Å²) in [4.78, 5) is 14.9. The lowest BCUT2D eigenvalue weighted by atomic mass is 10.0. The van der Waals surface area contributed by atoms with E-state index in [0.717, 1.165) is 25.0 Å². The molecule has 26 heavy (non-hydrogen) atoms. The molecule has 0 radical (unpaired) electrons. The summed E-state index contributed by atoms with van der Waals surface area (Å²) < 4.78 is 32.5. The summed E-state index contributed by atoms with van der Waals surface area (Å²) in [6, 6.07) is 12.6. The minimum atomic E-state index is -1.00. The highest BCUT2D eigenvalue weighted by molar-refractivity contribution is 5.83. The zero-order valence-electron chi connectivity index (χ0n) is 14.6. The standard InChI is InChI=1S/C20H22F2N2O2/c1-23-15-8-5-11-24(13-15)20(25)19(14-6-3-2-4-7-14)26-16-9-10-17(21)18(22)12-16/h2-4,6-7,9-10,12,15,19,23H,5,8,11,13H2,1H3. The molecule has 0 bridgehead atoms. The molecule has 0 aromatic heterocycles. The molecule has 2 aromatic rings. The monoisotopic (exact) mass is 360 g/mol. The van der Waals surface area contributed by atoms with Crippen LogP contribution in [0, 0.1) is 11.6 Å². The zero-order valence-corrected chi connectivity index (χ0v) is 14.6. The fourth-order valence-electron chi connectivity index (χ4n) is 3.15. The topological polar surface area (TPSA) is 41.6 Å². The van der Waals surface area contributed by atoms with Gasteiger partial charge in [0.05, 0.1) is 0 Å². The Morgan fingerprint density at radius 3 is 2.65 bits per heavy atom. The van der Waals surface area contributed by atoms with Crippen LogP contribution in [0.15, 0.2) is 48.5 Å². The quantitative estimate of drug-likeness (QED) is 0.890. The molecule has 1 aliphatic rings. The average Bonchev–Trinajstić information content (AvgIpc) is 2.69. The summed E-state index contributed by atoms with van der Waals surface area (Å²) in [6.07, 6.45) is 1.02. The highest BCUT2D eigenvalue weighted by Gasteiger charge is 2.31. The molecule has 1 N–H and O–H groups in total. The molecule has 6 heteroatoms. The number of likely N-dealkylation sites (tertiary alicyclic amines) is 1. The Kier molecular flexibility index (Phi) is 5.83. The van der Waals surface area contributed by atoms with Crippen LogP contribution in [0.2, 0.25) is 0 Å². The first-order valence-corrected chi connectivity index (χ1v) is 8.71. The van der Waals surface area contributed by atoms with Crippen LogP contribution in [0.25, 0.3) is 0 Å². The van der Waals surface area contributed by atoms with Crippen LogP contribution in [0.5, 0.6) is 5.75 Å². The van der Waals surface area contributed by atoms with Gasteiger partial charge in [0.1, 0.15) is 5.75 Å².